The number of nitrogens with one attached hydrogen (secondary N) is 1. The number of aromatic hydroxyl groups is 1. The number of methoxy groups -OCH3 is 1. The molecule has 0 atom stereocenters. The third-order valence-corrected chi connectivity index (χ3v) is 3.78. The normalized spacial score (nSPS) is 12.4. The lowest BCUT2D eigenvalue weighted by molar-refractivity contribution is -0.115. The van der Waals surface area contributed by atoms with Crippen LogP contribution >= 0.6 is 0 Å². The maximum atomic E-state index is 13.4. The van der Waals surface area contributed by atoms with E-state index in [-0.39, 0.29) is 23.5 Å². The third kappa shape index (κ3) is 5.74. The Morgan fingerprint density at radius 3 is 2.55 bits per heavy atom. The van der Waals surface area contributed by atoms with Gasteiger partial charge >= 0.3 is 6.18 Å². The first-order valence-corrected chi connectivity index (χ1v) is 8.37. The van der Waals surface area contributed by atoms with Gasteiger partial charge < -0.3 is 20.0 Å². The van der Waals surface area contributed by atoms with Crippen LogP contribution in [0.5, 0.6) is 5.75 Å². The van der Waals surface area contributed by atoms with Crippen molar-refractivity contribution in [3.05, 3.63) is 71.5 Å². The van der Waals surface area contributed by atoms with E-state index in [2.05, 4.69) is 10.5 Å². The second-order valence-electron chi connectivity index (χ2n) is 5.76. The molecule has 0 aliphatic carbocycles. The van der Waals surface area contributed by atoms with E-state index in [1.807, 2.05) is 0 Å². The monoisotopic (exact) mass is 408 g/mol. The molecule has 2 rings (SSSR count). The third-order valence-electron chi connectivity index (χ3n) is 3.78. The molecule has 2 N–H and O–H groups in total. The minimum atomic E-state index is -4.80. The van der Waals surface area contributed by atoms with E-state index >= 15 is 0 Å². The van der Waals surface area contributed by atoms with Gasteiger partial charge in [0, 0.05) is 18.2 Å². The number of oxime groups is 1. The van der Waals surface area contributed by atoms with Gasteiger partial charge in [-0.1, -0.05) is 41.6 Å². The van der Waals surface area contributed by atoms with E-state index in [0.29, 0.717) is 11.1 Å². The molecule has 0 saturated heterocycles. The molecule has 0 fully saturated rings. The molecule has 0 spiro atoms. The number of hydrogen-bond donors (Lipinski definition) is 2. The summed E-state index contributed by atoms with van der Waals surface area (Å²) >= 11 is 0. The highest BCUT2D eigenvalue weighted by Crippen LogP contribution is 2.26. The van der Waals surface area contributed by atoms with Crippen molar-refractivity contribution in [2.45, 2.75) is 12.8 Å². The van der Waals surface area contributed by atoms with Crippen molar-refractivity contribution in [2.24, 2.45) is 5.16 Å². The van der Waals surface area contributed by atoms with Crippen molar-refractivity contribution in [1.82, 2.24) is 5.32 Å². The van der Waals surface area contributed by atoms with Crippen LogP contribution in [0.2, 0.25) is 0 Å². The summed E-state index contributed by atoms with van der Waals surface area (Å²) < 4.78 is 45.0. The Kier molecular flexibility index (Phi) is 7.24. The SMILES string of the molecule is CNC(=O)C(=COC)c1ccccc1CON=C(c1cccc(O)c1)C(F)(F)F. The molecule has 0 unspecified atom stereocenters. The Morgan fingerprint density at radius 2 is 1.93 bits per heavy atom. The molecule has 0 bridgehead atoms. The molecule has 0 aliphatic heterocycles. The molecular weight excluding hydrogens is 389 g/mol. The number of rotatable bonds is 7. The molecule has 0 heterocycles. The molecule has 154 valence electrons. The topological polar surface area (TPSA) is 80.2 Å². The summed E-state index contributed by atoms with van der Waals surface area (Å²) in [6.07, 6.45) is -3.56. The van der Waals surface area contributed by atoms with Crippen LogP contribution in [0.25, 0.3) is 5.57 Å². The van der Waals surface area contributed by atoms with Gasteiger partial charge in [-0.25, -0.2) is 0 Å². The Labute approximate surface area is 165 Å². The summed E-state index contributed by atoms with van der Waals surface area (Å²) in [7, 11) is 2.82. The fourth-order valence-corrected chi connectivity index (χ4v) is 2.49. The van der Waals surface area contributed by atoms with Crippen molar-refractivity contribution in [3.63, 3.8) is 0 Å². The Bertz CT molecular complexity index is 924. The van der Waals surface area contributed by atoms with E-state index < -0.39 is 17.8 Å². The van der Waals surface area contributed by atoms with E-state index in [1.165, 1.54) is 32.6 Å². The molecule has 2 aromatic carbocycles. The van der Waals surface area contributed by atoms with Crippen LogP contribution in [0.1, 0.15) is 16.7 Å². The van der Waals surface area contributed by atoms with Gasteiger partial charge in [0.15, 0.2) is 5.71 Å². The van der Waals surface area contributed by atoms with Gasteiger partial charge in [0.1, 0.15) is 12.4 Å². The average molecular weight is 408 g/mol. The fourth-order valence-electron chi connectivity index (χ4n) is 2.49. The molecule has 0 saturated carbocycles. The quantitative estimate of drug-likeness (QED) is 0.318. The summed E-state index contributed by atoms with van der Waals surface area (Å²) in [5, 5.41) is 15.1. The standard InChI is InChI=1S/C20H19F3N2O4/c1-24-19(27)17(12-28-2)16-9-4-3-6-14(16)11-29-25-18(20(21,22)23)13-7-5-8-15(26)10-13/h3-10,12,26H,11H2,1-2H3,(H,24,27). The van der Waals surface area contributed by atoms with Crippen molar-refractivity contribution >= 4 is 17.2 Å². The fraction of sp³-hybridized carbons (Fsp3) is 0.200. The number of benzene rings is 2. The van der Waals surface area contributed by atoms with Crippen LogP contribution < -0.4 is 5.32 Å². The minimum absolute atomic E-state index is 0.183. The lowest BCUT2D eigenvalue weighted by atomic mass is 10.0. The number of carbonyl (C=O) groups excluding carboxylic acids is 1. The zero-order chi connectivity index (χ0) is 21.4. The summed E-state index contributed by atoms with van der Waals surface area (Å²) in [6.45, 7) is -0.327. The highest BCUT2D eigenvalue weighted by molar-refractivity contribution is 6.19. The number of phenols is 1. The molecule has 6 nitrogen and oxygen atoms in total. The smallest absolute Gasteiger partial charge is 0.437 e. The maximum Gasteiger partial charge on any atom is 0.437 e. The van der Waals surface area contributed by atoms with Crippen molar-refractivity contribution < 1.29 is 32.6 Å². The van der Waals surface area contributed by atoms with Gasteiger partial charge in [0.2, 0.25) is 0 Å². The molecule has 0 aliphatic rings. The van der Waals surface area contributed by atoms with Crippen molar-refractivity contribution in [3.8, 4) is 5.75 Å². The van der Waals surface area contributed by atoms with E-state index in [4.69, 9.17) is 9.57 Å². The number of phenolic OH excluding ortho intramolecular Hbond substituents is 1. The van der Waals surface area contributed by atoms with Crippen LogP contribution in [0.15, 0.2) is 59.9 Å². The summed E-state index contributed by atoms with van der Waals surface area (Å²) in [6, 6.07) is 11.1. The molecule has 0 radical (unpaired) electrons. The van der Waals surface area contributed by atoms with E-state index in [1.54, 1.807) is 24.3 Å². The molecule has 0 aromatic heterocycles. The van der Waals surface area contributed by atoms with Gasteiger partial charge in [0.05, 0.1) is 18.9 Å². The van der Waals surface area contributed by atoms with Crippen LogP contribution in [0.4, 0.5) is 13.2 Å². The van der Waals surface area contributed by atoms with Gasteiger partial charge in [-0.3, -0.25) is 4.79 Å². The van der Waals surface area contributed by atoms with Gasteiger partial charge in [-0.15, -0.1) is 0 Å². The van der Waals surface area contributed by atoms with Crippen LogP contribution in [-0.2, 0) is 21.0 Å². The number of halogens is 3. The minimum Gasteiger partial charge on any atom is -0.508 e. The first-order valence-electron chi connectivity index (χ1n) is 8.37. The van der Waals surface area contributed by atoms with Crippen LogP contribution in [0, 0.1) is 0 Å². The highest BCUT2D eigenvalue weighted by Gasteiger charge is 2.38. The predicted octanol–water partition coefficient (Wildman–Crippen LogP) is 3.61. The lowest BCUT2D eigenvalue weighted by Gasteiger charge is -2.13. The van der Waals surface area contributed by atoms with Crippen molar-refractivity contribution in [1.29, 1.82) is 0 Å². The Morgan fingerprint density at radius 1 is 1.21 bits per heavy atom. The molecular formula is C20H19F3N2O4. The maximum absolute atomic E-state index is 13.4. The van der Waals surface area contributed by atoms with E-state index in [0.717, 1.165) is 12.1 Å². The summed E-state index contributed by atoms with van der Waals surface area (Å²) in [5.74, 6) is -0.761. The van der Waals surface area contributed by atoms with Gasteiger partial charge in [-0.2, -0.15) is 13.2 Å². The second kappa shape index (κ2) is 9.63. The molecule has 9 heteroatoms. The number of amides is 1. The second-order valence-corrected chi connectivity index (χ2v) is 5.76. The van der Waals surface area contributed by atoms with Crippen LogP contribution in [-0.4, -0.2) is 37.1 Å². The number of carbonyl (C=O) groups is 1. The predicted molar refractivity (Wildman–Crippen MR) is 101 cm³/mol. The average Bonchev–Trinajstić information content (AvgIpc) is 2.68. The molecule has 29 heavy (non-hydrogen) atoms. The summed E-state index contributed by atoms with van der Waals surface area (Å²) in [4.78, 5) is 17.1. The largest absolute Gasteiger partial charge is 0.508 e. The first-order chi connectivity index (χ1) is 13.8. The van der Waals surface area contributed by atoms with Gasteiger partial charge in [0.25, 0.3) is 5.91 Å². The Hall–Kier alpha value is -3.49. The zero-order valence-electron chi connectivity index (χ0n) is 15.7. The lowest BCUT2D eigenvalue weighted by Crippen LogP contribution is -2.24. The van der Waals surface area contributed by atoms with Crippen molar-refractivity contribution in [2.75, 3.05) is 14.2 Å². The van der Waals surface area contributed by atoms with Crippen LogP contribution in [0.3, 0.4) is 0 Å². The number of nitrogens with zero attached hydrogens (tertiary/aromatic N) is 1. The number of likely N-dealkylation sites (N-methyl/N-ethyl adjacent to an activating group) is 1. The summed E-state index contributed by atoms with van der Waals surface area (Å²) in [5.41, 5.74) is -0.585. The molecule has 1 amide bonds. The Balaban J connectivity index is 2.33. The highest BCUT2D eigenvalue weighted by atomic mass is 19.4. The van der Waals surface area contributed by atoms with E-state index in [9.17, 15) is 23.1 Å². The van der Waals surface area contributed by atoms with Gasteiger partial charge in [-0.05, 0) is 17.7 Å². The number of ether oxygens (including phenoxy) is 1. The number of alkyl halides is 3. The zero-order valence-corrected chi connectivity index (χ0v) is 15.7. The first kappa shape index (κ1) is 21.8. The number of hydrogen-bond acceptors (Lipinski definition) is 5. The molecule has 2 aromatic rings.